The summed E-state index contributed by atoms with van der Waals surface area (Å²) in [5, 5.41) is 0. The molecule has 7 heteroatoms. The van der Waals surface area contributed by atoms with E-state index in [1.807, 2.05) is 6.20 Å². The molecule has 0 radical (unpaired) electrons. The Balaban J connectivity index is 0.954. The fourth-order valence-electron chi connectivity index (χ4n) is 12.6. The molecule has 402 valence electrons. The van der Waals surface area contributed by atoms with E-state index in [0.29, 0.717) is 5.75 Å². The topological polar surface area (TPSA) is 38.5 Å². The summed E-state index contributed by atoms with van der Waals surface area (Å²) in [5.74, 6) is 2.28. The normalized spacial score (nSPS) is 13.4. The van der Waals surface area contributed by atoms with Gasteiger partial charge in [-0.3, -0.25) is 0 Å². The number of benzene rings is 10. The van der Waals surface area contributed by atoms with E-state index in [9.17, 15) is 0 Å². The van der Waals surface area contributed by atoms with Crippen LogP contribution in [0, 0.1) is 3.80 Å². The van der Waals surface area contributed by atoms with Crippen molar-refractivity contribution in [2.24, 2.45) is 0 Å². The molecule has 0 atom stereocenters. The summed E-state index contributed by atoms with van der Waals surface area (Å²) in [4.78, 5) is 9.98. The van der Waals surface area contributed by atoms with Crippen molar-refractivity contribution in [2.75, 3.05) is 9.80 Å². The molecule has 0 N–H and O–H groups in total. The van der Waals surface area contributed by atoms with Crippen LogP contribution in [0.4, 0.5) is 34.3 Å². The van der Waals surface area contributed by atoms with Gasteiger partial charge in [0.15, 0.2) is 0 Å². The predicted molar refractivity (Wildman–Crippen MR) is 333 cm³/mol. The van der Waals surface area contributed by atoms with Crippen LogP contribution in [0.25, 0.3) is 44.7 Å². The Hall–Kier alpha value is -9.09. The van der Waals surface area contributed by atoms with Crippen LogP contribution in [0.5, 0.6) is 11.5 Å². The van der Waals surface area contributed by atoms with Crippen molar-refractivity contribution in [3.63, 3.8) is 0 Å². The molecule has 2 aliphatic heterocycles. The van der Waals surface area contributed by atoms with Crippen molar-refractivity contribution in [1.29, 1.82) is 0 Å². The molecule has 12 aromatic rings. The second-order valence-electron chi connectivity index (χ2n) is 23.5. The zero-order chi connectivity index (χ0) is 55.9. The molecule has 0 amide bonds. The maximum atomic E-state index is 7.21. The fourth-order valence-corrected chi connectivity index (χ4v) is 13.7. The van der Waals surface area contributed by atoms with Gasteiger partial charge >= 0.3 is 331 Å². The summed E-state index contributed by atoms with van der Waals surface area (Å²) in [6.07, 6.45) is 1.96. The van der Waals surface area contributed by atoms with E-state index in [-0.39, 0.29) is 10.8 Å². The summed E-state index contributed by atoms with van der Waals surface area (Å²) < 4.78 is 13.1. The standard InChI is InChI=1S/C75H61N5O.Pt/c1-73(2,3)53-43-44-76-71(47-53)80-67-38-21-18-35-63(67)75(61-33-16-19-36-65(61)79(55-29-14-9-15-30-55)66-37-20-17-34-62(66)75)64-42-41-58(49-70(64)80)81-57-32-24-31-56(48-57)77-50-78(69-40-23-22-39-68(69)77)72-59(51-25-10-7-11-26-51)45-54(74(4,5)6)46-60(72)52-27-12-8-13-28-52;/h7-49H,1-6H3;. The van der Waals surface area contributed by atoms with E-state index in [1.54, 1.807) is 0 Å². The predicted octanol–water partition coefficient (Wildman–Crippen LogP) is 19.6. The second kappa shape index (κ2) is 19.9. The number of pyridine rings is 1. The van der Waals surface area contributed by atoms with E-state index in [1.165, 1.54) is 50.1 Å². The number of rotatable bonds is 8. The van der Waals surface area contributed by atoms with Gasteiger partial charge in [0.25, 0.3) is 0 Å². The molecule has 2 aromatic heterocycles. The van der Waals surface area contributed by atoms with Crippen LogP contribution < -0.4 is 14.5 Å². The van der Waals surface area contributed by atoms with Crippen molar-refractivity contribution in [3.05, 3.63) is 298 Å². The number of para-hydroxylation sites is 6. The third kappa shape index (κ3) is 8.33. The number of aromatic nitrogens is 3. The molecule has 6 nitrogen and oxygen atoms in total. The van der Waals surface area contributed by atoms with E-state index >= 15 is 0 Å². The Morgan fingerprint density at radius 2 is 0.866 bits per heavy atom. The first kappa shape index (κ1) is 51.1. The first-order chi connectivity index (χ1) is 39.9. The van der Waals surface area contributed by atoms with Gasteiger partial charge in [-0.15, -0.1) is 0 Å². The maximum absolute atomic E-state index is 7.21. The van der Waals surface area contributed by atoms with E-state index in [0.717, 1.165) is 71.8 Å². The zero-order valence-corrected chi connectivity index (χ0v) is 49.1. The Labute approximate surface area is 491 Å². The molecule has 0 saturated heterocycles. The molecular weight excluding hydrogens is 1180 g/mol. The number of fused-ring (bicyclic) bond motifs is 9. The van der Waals surface area contributed by atoms with Crippen molar-refractivity contribution < 1.29 is 24.1 Å². The summed E-state index contributed by atoms with van der Waals surface area (Å²) in [6.45, 7) is 13.7. The van der Waals surface area contributed by atoms with Gasteiger partial charge in [-0.1, -0.05) is 93.6 Å². The summed E-state index contributed by atoms with van der Waals surface area (Å²) in [6, 6.07) is 92.5. The van der Waals surface area contributed by atoms with Crippen LogP contribution in [0.2, 0.25) is 0 Å². The Bertz CT molecular complexity index is 4380. The Kier molecular flexibility index (Phi) is 12.4. The molecular formula is C75H61N5OPt. The number of nitrogens with zero attached hydrogens (tertiary/aromatic N) is 5. The van der Waals surface area contributed by atoms with Crippen molar-refractivity contribution in [3.8, 4) is 45.1 Å². The van der Waals surface area contributed by atoms with E-state index < -0.39 is 5.41 Å². The second-order valence-corrected chi connectivity index (χ2v) is 24.6. The van der Waals surface area contributed by atoms with Crippen LogP contribution in [0.3, 0.4) is 0 Å². The number of hydrogen-bond donors (Lipinski definition) is 0. The molecule has 0 fully saturated rings. The molecule has 0 unspecified atom stereocenters. The van der Waals surface area contributed by atoms with Crippen molar-refractivity contribution >= 4 is 45.3 Å². The van der Waals surface area contributed by atoms with Gasteiger partial charge in [0.1, 0.15) is 0 Å². The van der Waals surface area contributed by atoms with E-state index in [2.05, 4.69) is 335 Å². The summed E-state index contributed by atoms with van der Waals surface area (Å²) >= 11 is 2.54. The van der Waals surface area contributed by atoms with Gasteiger partial charge in [-0.2, -0.15) is 0 Å². The zero-order valence-electron chi connectivity index (χ0n) is 46.8. The van der Waals surface area contributed by atoms with Crippen LogP contribution in [0.15, 0.2) is 261 Å². The Morgan fingerprint density at radius 3 is 1.44 bits per heavy atom. The van der Waals surface area contributed by atoms with Gasteiger partial charge in [0.05, 0.1) is 11.4 Å². The first-order valence-electron chi connectivity index (χ1n) is 28.2. The van der Waals surface area contributed by atoms with Gasteiger partial charge in [-0.05, 0) is 41.3 Å². The minimum atomic E-state index is -0.726. The molecule has 0 saturated carbocycles. The number of anilines is 6. The first-order valence-corrected chi connectivity index (χ1v) is 29.3. The number of hydrogen-bond acceptors (Lipinski definition) is 4. The van der Waals surface area contributed by atoms with Crippen LogP contribution in [-0.2, 0) is 35.6 Å². The molecule has 82 heavy (non-hydrogen) atoms. The van der Waals surface area contributed by atoms with E-state index in [4.69, 9.17) is 9.72 Å². The molecule has 4 heterocycles. The molecule has 0 bridgehead atoms. The monoisotopic (exact) mass is 1240 g/mol. The van der Waals surface area contributed by atoms with Crippen molar-refractivity contribution in [1.82, 2.24) is 14.1 Å². The van der Waals surface area contributed by atoms with Gasteiger partial charge in [0, 0.05) is 11.9 Å². The third-order valence-corrected chi connectivity index (χ3v) is 17.5. The minimum absolute atomic E-state index is 0.0916. The number of ether oxygens (including phenoxy) is 1. The van der Waals surface area contributed by atoms with Gasteiger partial charge in [-0.25, -0.2) is 0 Å². The van der Waals surface area contributed by atoms with Crippen LogP contribution in [-0.4, -0.2) is 14.1 Å². The third-order valence-electron chi connectivity index (χ3n) is 16.5. The molecule has 2 aliphatic rings. The number of imidazole rings is 1. The Morgan fingerprint density at radius 1 is 0.390 bits per heavy atom. The average Bonchev–Trinajstić information content (AvgIpc) is 1.38. The molecule has 14 rings (SSSR count). The molecule has 10 aromatic carbocycles. The molecule has 1 spiro atoms. The van der Waals surface area contributed by atoms with Crippen LogP contribution >= 0.6 is 0 Å². The van der Waals surface area contributed by atoms with Crippen LogP contribution in [0.1, 0.15) is 74.9 Å². The van der Waals surface area contributed by atoms with Gasteiger partial charge in [0.2, 0.25) is 0 Å². The average molecular weight is 1240 g/mol. The summed E-state index contributed by atoms with van der Waals surface area (Å²) in [5.41, 5.74) is 20.7. The summed E-state index contributed by atoms with van der Waals surface area (Å²) in [7, 11) is 0. The SMILES string of the molecule is CC(C)(C)c1ccnc(N2c3ccccc3C3(c4ccccc4N(c4ccccc4)c4ccccc43)c3ccc(Oc4cccc(-n5[c](=[Pt])n(-c6c(-c7ccccc7)cc(C(C)(C)C)cc6-c6ccccc6)c6ccccc65)c4)cc32)c1. The van der Waals surface area contributed by atoms with Crippen molar-refractivity contribution in [2.45, 2.75) is 57.8 Å². The van der Waals surface area contributed by atoms with Gasteiger partial charge < -0.3 is 4.90 Å². The quantitative estimate of drug-likeness (QED) is 0.152. The molecule has 0 aliphatic carbocycles. The fraction of sp³-hybridized carbons (Fsp3) is 0.120.